The van der Waals surface area contributed by atoms with Gasteiger partial charge in [-0.15, -0.1) is 0 Å². The molecule has 90 valence electrons. The Morgan fingerprint density at radius 1 is 1.35 bits per heavy atom. The lowest BCUT2D eigenvalue weighted by Gasteiger charge is -2.01. The zero-order valence-electron chi connectivity index (χ0n) is 9.65. The van der Waals surface area contributed by atoms with Crippen molar-refractivity contribution in [2.75, 3.05) is 0 Å². The van der Waals surface area contributed by atoms with Crippen LogP contribution < -0.4 is 5.73 Å². The van der Waals surface area contributed by atoms with Crippen LogP contribution >= 0.6 is 0 Å². The molecular formula is C12H15FN4. The summed E-state index contributed by atoms with van der Waals surface area (Å²) in [6.07, 6.45) is 4.58. The van der Waals surface area contributed by atoms with Gasteiger partial charge in [0.2, 0.25) is 0 Å². The third-order valence-electron chi connectivity index (χ3n) is 2.47. The number of nitrogens with two attached hydrogens (primary N) is 1. The normalized spacial score (nSPS) is 12.6. The Bertz CT molecular complexity index is 476. The number of aromatic amines is 1. The number of nitrogens with one attached hydrogen (secondary N) is 1. The largest absolute Gasteiger partial charge is 0.341 e. The van der Waals surface area contributed by atoms with E-state index in [9.17, 15) is 4.39 Å². The van der Waals surface area contributed by atoms with Gasteiger partial charge in [-0.25, -0.2) is 9.37 Å². The fraction of sp³-hybridized carbons (Fsp3) is 0.333. The zero-order valence-corrected chi connectivity index (χ0v) is 9.65. The summed E-state index contributed by atoms with van der Waals surface area (Å²) in [4.78, 5) is 11.4. The SMILES string of the molecule is CC(N)CCc1ncc(-c2ccc(F)cn2)[nH]1. The van der Waals surface area contributed by atoms with Crippen LogP contribution in [0.4, 0.5) is 4.39 Å². The van der Waals surface area contributed by atoms with Crippen LogP contribution in [0.5, 0.6) is 0 Å². The fourth-order valence-corrected chi connectivity index (χ4v) is 1.52. The average Bonchev–Trinajstić information content (AvgIpc) is 2.76. The summed E-state index contributed by atoms with van der Waals surface area (Å²) in [5.41, 5.74) is 7.16. The molecule has 0 saturated heterocycles. The van der Waals surface area contributed by atoms with Crippen molar-refractivity contribution in [2.24, 2.45) is 5.73 Å². The van der Waals surface area contributed by atoms with Crippen molar-refractivity contribution >= 4 is 0 Å². The summed E-state index contributed by atoms with van der Waals surface area (Å²) in [5, 5.41) is 0. The van der Waals surface area contributed by atoms with Crippen molar-refractivity contribution < 1.29 is 4.39 Å². The monoisotopic (exact) mass is 234 g/mol. The maximum absolute atomic E-state index is 12.7. The zero-order chi connectivity index (χ0) is 12.3. The molecule has 0 spiro atoms. The van der Waals surface area contributed by atoms with Gasteiger partial charge < -0.3 is 10.7 Å². The summed E-state index contributed by atoms with van der Waals surface area (Å²) in [6, 6.07) is 3.16. The van der Waals surface area contributed by atoms with E-state index in [1.807, 2.05) is 6.92 Å². The first-order valence-corrected chi connectivity index (χ1v) is 5.56. The maximum Gasteiger partial charge on any atom is 0.141 e. The number of aromatic nitrogens is 3. The number of rotatable bonds is 4. The molecular weight excluding hydrogens is 219 g/mol. The number of H-pyrrole nitrogens is 1. The number of hydrogen-bond donors (Lipinski definition) is 2. The molecule has 2 aromatic heterocycles. The third-order valence-corrected chi connectivity index (χ3v) is 2.47. The summed E-state index contributed by atoms with van der Waals surface area (Å²) in [7, 11) is 0. The van der Waals surface area contributed by atoms with Crippen molar-refractivity contribution in [1.29, 1.82) is 0 Å². The van der Waals surface area contributed by atoms with Gasteiger partial charge in [-0.3, -0.25) is 4.98 Å². The van der Waals surface area contributed by atoms with Gasteiger partial charge in [-0.2, -0.15) is 0 Å². The lowest BCUT2D eigenvalue weighted by molar-refractivity contribution is 0.622. The Labute approximate surface area is 99.1 Å². The molecule has 0 aromatic carbocycles. The minimum atomic E-state index is -0.342. The minimum absolute atomic E-state index is 0.160. The molecule has 0 aliphatic heterocycles. The Kier molecular flexibility index (Phi) is 3.49. The van der Waals surface area contributed by atoms with E-state index in [4.69, 9.17) is 5.73 Å². The molecule has 2 heterocycles. The second-order valence-electron chi connectivity index (χ2n) is 4.12. The molecule has 0 radical (unpaired) electrons. The predicted octanol–water partition coefficient (Wildman–Crippen LogP) is 1.89. The van der Waals surface area contributed by atoms with Crippen molar-refractivity contribution in [3.63, 3.8) is 0 Å². The first-order valence-electron chi connectivity index (χ1n) is 5.56. The summed E-state index contributed by atoms with van der Waals surface area (Å²) in [6.45, 7) is 1.96. The van der Waals surface area contributed by atoms with Crippen molar-refractivity contribution in [3.05, 3.63) is 36.2 Å². The van der Waals surface area contributed by atoms with E-state index < -0.39 is 0 Å². The molecule has 2 rings (SSSR count). The number of hydrogen-bond acceptors (Lipinski definition) is 3. The third kappa shape index (κ3) is 3.10. The molecule has 2 aromatic rings. The number of nitrogens with zero attached hydrogens (tertiary/aromatic N) is 2. The first kappa shape index (κ1) is 11.7. The predicted molar refractivity (Wildman–Crippen MR) is 63.7 cm³/mol. The second-order valence-corrected chi connectivity index (χ2v) is 4.12. The quantitative estimate of drug-likeness (QED) is 0.848. The van der Waals surface area contributed by atoms with Crippen LogP contribution in [-0.4, -0.2) is 21.0 Å². The summed E-state index contributed by atoms with van der Waals surface area (Å²) >= 11 is 0. The van der Waals surface area contributed by atoms with Gasteiger partial charge in [-0.1, -0.05) is 0 Å². The number of imidazole rings is 1. The Balaban J connectivity index is 2.10. The van der Waals surface area contributed by atoms with Gasteiger partial charge in [0.1, 0.15) is 11.6 Å². The standard InChI is InChI=1S/C12H15FN4/c1-8(14)2-5-12-16-7-11(17-12)10-4-3-9(13)6-15-10/h3-4,6-8H,2,5,14H2,1H3,(H,16,17). The summed E-state index contributed by atoms with van der Waals surface area (Å²) in [5.74, 6) is 0.536. The molecule has 0 bridgehead atoms. The molecule has 17 heavy (non-hydrogen) atoms. The van der Waals surface area contributed by atoms with E-state index in [1.165, 1.54) is 12.3 Å². The van der Waals surface area contributed by atoms with E-state index >= 15 is 0 Å². The highest BCUT2D eigenvalue weighted by Gasteiger charge is 2.05. The van der Waals surface area contributed by atoms with Crippen LogP contribution in [0.2, 0.25) is 0 Å². The molecule has 1 atom stereocenters. The van der Waals surface area contributed by atoms with Crippen LogP contribution in [0.3, 0.4) is 0 Å². The number of halogens is 1. The smallest absolute Gasteiger partial charge is 0.141 e. The van der Waals surface area contributed by atoms with E-state index in [0.717, 1.165) is 24.4 Å². The molecule has 0 amide bonds. The Morgan fingerprint density at radius 3 is 2.82 bits per heavy atom. The first-order chi connectivity index (χ1) is 8.15. The van der Waals surface area contributed by atoms with Crippen molar-refractivity contribution in [2.45, 2.75) is 25.8 Å². The van der Waals surface area contributed by atoms with Crippen LogP contribution in [0.15, 0.2) is 24.5 Å². The highest BCUT2D eigenvalue weighted by Crippen LogP contribution is 2.14. The number of aryl methyl sites for hydroxylation is 1. The van der Waals surface area contributed by atoms with Crippen LogP contribution in [0, 0.1) is 5.82 Å². The topological polar surface area (TPSA) is 67.6 Å². The molecule has 0 aliphatic rings. The van der Waals surface area contributed by atoms with Crippen LogP contribution in [0.1, 0.15) is 19.2 Å². The molecule has 1 unspecified atom stereocenters. The molecule has 3 N–H and O–H groups in total. The van der Waals surface area contributed by atoms with Crippen LogP contribution in [0.25, 0.3) is 11.4 Å². The average molecular weight is 234 g/mol. The van der Waals surface area contributed by atoms with Gasteiger partial charge in [0.15, 0.2) is 0 Å². The summed E-state index contributed by atoms with van der Waals surface area (Å²) < 4.78 is 12.7. The molecule has 5 heteroatoms. The van der Waals surface area contributed by atoms with Crippen LogP contribution in [-0.2, 0) is 6.42 Å². The van der Waals surface area contributed by atoms with Gasteiger partial charge in [0.05, 0.1) is 23.8 Å². The van der Waals surface area contributed by atoms with Gasteiger partial charge in [-0.05, 0) is 25.5 Å². The second kappa shape index (κ2) is 5.05. The maximum atomic E-state index is 12.7. The van der Waals surface area contributed by atoms with E-state index in [2.05, 4.69) is 15.0 Å². The Hall–Kier alpha value is -1.75. The lowest BCUT2D eigenvalue weighted by atomic mass is 10.2. The van der Waals surface area contributed by atoms with Crippen molar-refractivity contribution in [1.82, 2.24) is 15.0 Å². The highest BCUT2D eigenvalue weighted by atomic mass is 19.1. The fourth-order valence-electron chi connectivity index (χ4n) is 1.52. The molecule has 0 fully saturated rings. The Morgan fingerprint density at radius 2 is 2.18 bits per heavy atom. The molecule has 4 nitrogen and oxygen atoms in total. The highest BCUT2D eigenvalue weighted by molar-refractivity contribution is 5.52. The van der Waals surface area contributed by atoms with Gasteiger partial charge in [0, 0.05) is 12.5 Å². The van der Waals surface area contributed by atoms with Crippen molar-refractivity contribution in [3.8, 4) is 11.4 Å². The number of pyridine rings is 1. The minimum Gasteiger partial charge on any atom is -0.341 e. The lowest BCUT2D eigenvalue weighted by Crippen LogP contribution is -2.15. The van der Waals surface area contributed by atoms with E-state index in [-0.39, 0.29) is 11.9 Å². The van der Waals surface area contributed by atoms with Gasteiger partial charge >= 0.3 is 0 Å². The van der Waals surface area contributed by atoms with E-state index in [1.54, 1.807) is 12.3 Å². The molecule has 0 aliphatic carbocycles. The van der Waals surface area contributed by atoms with Gasteiger partial charge in [0.25, 0.3) is 0 Å². The molecule has 0 saturated carbocycles. The van der Waals surface area contributed by atoms with E-state index in [0.29, 0.717) is 5.69 Å².